The summed E-state index contributed by atoms with van der Waals surface area (Å²) in [6.45, 7) is 4.43. The molecule has 0 atom stereocenters. The Morgan fingerprint density at radius 1 is 0.407 bits per heavy atom. The molecule has 286 valence electrons. The van der Waals surface area contributed by atoms with Crippen LogP contribution < -0.4 is 29.4 Å². The molecular weight excluding hydrogens is 733 g/mol. The summed E-state index contributed by atoms with van der Waals surface area (Å²) >= 11 is 0. The second-order valence-corrected chi connectivity index (χ2v) is 15.5. The smallest absolute Gasteiger partial charge is 0.155 e. The monoisotopic (exact) mass is 770 g/mol. The highest BCUT2D eigenvalue weighted by atomic mass is 16.5. The highest BCUT2D eigenvalue weighted by molar-refractivity contribution is 5.90. The van der Waals surface area contributed by atoms with Gasteiger partial charge in [-0.25, -0.2) is 10.1 Å². The van der Waals surface area contributed by atoms with Crippen LogP contribution in [0.1, 0.15) is 25.0 Å². The minimum atomic E-state index is -0.335. The Kier molecular flexibility index (Phi) is 7.81. The van der Waals surface area contributed by atoms with E-state index in [1.165, 1.54) is 10.1 Å². The maximum absolute atomic E-state index is 11.3. The van der Waals surface area contributed by atoms with Gasteiger partial charge < -0.3 is 19.3 Å². The van der Waals surface area contributed by atoms with Crippen LogP contribution in [0, 0.1) is 0 Å². The van der Waals surface area contributed by atoms with Gasteiger partial charge in [-0.15, -0.1) is 0 Å². The van der Waals surface area contributed by atoms with Gasteiger partial charge in [0.15, 0.2) is 23.0 Å². The summed E-state index contributed by atoms with van der Waals surface area (Å²) in [5, 5.41) is 24.8. The van der Waals surface area contributed by atoms with Gasteiger partial charge in [0.25, 0.3) is 0 Å². The Hall–Kier alpha value is -7.52. The van der Waals surface area contributed by atoms with Gasteiger partial charge in [-0.1, -0.05) is 92.7 Å². The molecule has 0 spiro atoms. The third kappa shape index (κ3) is 5.53. The Morgan fingerprint density at radius 2 is 0.915 bits per heavy atom. The van der Waals surface area contributed by atoms with E-state index in [9.17, 15) is 10.4 Å². The predicted octanol–water partition coefficient (Wildman–Crippen LogP) is 14.2. The van der Waals surface area contributed by atoms with Crippen LogP contribution in [0.2, 0.25) is 0 Å². The predicted molar refractivity (Wildman–Crippen MR) is 234 cm³/mol. The normalized spacial score (nSPS) is 14.1. The molecule has 59 heavy (non-hydrogen) atoms. The number of anilines is 10. The SMILES string of the molecule is CC1(C)c2ccccc2N(O)c2ccc(N(c3ccccc3)c3ccc(-c4ccc5c(c4)Oc4ccccc4N5c4ccc5c(c4)Oc4ccccc4N5O)cc3)cc21. The molecule has 0 unspecified atom stereocenters. The van der Waals surface area contributed by atoms with Gasteiger partial charge in [-0.2, -0.15) is 0 Å². The Balaban J connectivity index is 0.946. The fourth-order valence-electron chi connectivity index (χ4n) is 8.72. The van der Waals surface area contributed by atoms with E-state index in [-0.39, 0.29) is 5.41 Å². The summed E-state index contributed by atoms with van der Waals surface area (Å²) in [4.78, 5) is 4.42. The summed E-state index contributed by atoms with van der Waals surface area (Å²) in [5.74, 6) is 2.59. The van der Waals surface area contributed by atoms with E-state index in [1.54, 1.807) is 0 Å². The molecular formula is C51H38N4O4. The number of benzene rings is 8. The Morgan fingerprint density at radius 3 is 1.69 bits per heavy atom. The van der Waals surface area contributed by atoms with Gasteiger partial charge >= 0.3 is 0 Å². The Bertz CT molecular complexity index is 2930. The lowest BCUT2D eigenvalue weighted by Gasteiger charge is -2.39. The molecule has 8 aromatic carbocycles. The number of hydrogen-bond donors (Lipinski definition) is 2. The summed E-state index contributed by atoms with van der Waals surface area (Å²) in [7, 11) is 0. The zero-order valence-corrected chi connectivity index (χ0v) is 32.3. The lowest BCUT2D eigenvalue weighted by atomic mass is 9.74. The van der Waals surface area contributed by atoms with Crippen molar-refractivity contribution in [1.82, 2.24) is 0 Å². The topological polar surface area (TPSA) is 71.9 Å². The second kappa shape index (κ2) is 13.3. The maximum Gasteiger partial charge on any atom is 0.155 e. The number of nitrogens with zero attached hydrogens (tertiary/aromatic N) is 4. The summed E-state index contributed by atoms with van der Waals surface area (Å²) in [6.07, 6.45) is 0. The second-order valence-electron chi connectivity index (χ2n) is 15.5. The standard InChI is InChI=1S/C51H38N4O4/c1-51(2)39-14-6-7-15-41(39)54(56)42-28-25-37(31-40(42)51)52(35-12-4-3-5-13-35)36-23-20-33(21-24-36)34-22-27-44-49(30-34)58-47-18-10-8-16-43(47)53(44)38-26-29-46-50(32-38)59-48-19-11-9-17-45(48)55(46)57/h3-32,56-57H,1-2H3. The van der Waals surface area contributed by atoms with Crippen molar-refractivity contribution in [1.29, 1.82) is 0 Å². The van der Waals surface area contributed by atoms with Crippen LogP contribution in [0.5, 0.6) is 23.0 Å². The van der Waals surface area contributed by atoms with Crippen LogP contribution in [-0.4, -0.2) is 10.4 Å². The molecule has 8 heteroatoms. The van der Waals surface area contributed by atoms with Crippen molar-refractivity contribution in [2.45, 2.75) is 19.3 Å². The molecule has 0 saturated carbocycles. The molecule has 3 heterocycles. The van der Waals surface area contributed by atoms with E-state index < -0.39 is 0 Å². The van der Waals surface area contributed by atoms with E-state index in [4.69, 9.17) is 9.47 Å². The number of fused-ring (bicyclic) bond motifs is 6. The summed E-state index contributed by atoms with van der Waals surface area (Å²) < 4.78 is 12.9. The fourth-order valence-corrected chi connectivity index (χ4v) is 8.72. The van der Waals surface area contributed by atoms with Crippen molar-refractivity contribution in [3.05, 3.63) is 193 Å². The molecule has 3 aliphatic heterocycles. The summed E-state index contributed by atoms with van der Waals surface area (Å²) in [6, 6.07) is 60.8. The van der Waals surface area contributed by atoms with Gasteiger partial charge in [0.2, 0.25) is 0 Å². The lowest BCUT2D eigenvalue weighted by molar-refractivity contribution is 0.285. The summed E-state index contributed by atoms with van der Waals surface area (Å²) in [5.41, 5.74) is 12.3. The van der Waals surface area contributed by atoms with Gasteiger partial charge in [-0.3, -0.25) is 10.4 Å². The molecule has 0 aromatic heterocycles. The zero-order valence-electron chi connectivity index (χ0n) is 32.3. The van der Waals surface area contributed by atoms with Crippen LogP contribution in [-0.2, 0) is 5.41 Å². The first-order valence-corrected chi connectivity index (χ1v) is 19.6. The van der Waals surface area contributed by atoms with Gasteiger partial charge in [0.05, 0.1) is 28.4 Å². The van der Waals surface area contributed by atoms with E-state index >= 15 is 0 Å². The molecule has 0 bridgehead atoms. The van der Waals surface area contributed by atoms with Crippen molar-refractivity contribution in [2.24, 2.45) is 0 Å². The average Bonchev–Trinajstić information content (AvgIpc) is 3.28. The van der Waals surface area contributed by atoms with Crippen LogP contribution in [0.4, 0.5) is 56.9 Å². The van der Waals surface area contributed by atoms with Gasteiger partial charge in [0, 0.05) is 28.5 Å². The van der Waals surface area contributed by atoms with Crippen LogP contribution >= 0.6 is 0 Å². The van der Waals surface area contributed by atoms with Gasteiger partial charge in [0.1, 0.15) is 11.4 Å². The quantitative estimate of drug-likeness (QED) is 0.179. The molecule has 2 N–H and O–H groups in total. The van der Waals surface area contributed by atoms with Crippen LogP contribution in [0.25, 0.3) is 11.1 Å². The first-order valence-electron chi connectivity index (χ1n) is 19.6. The minimum Gasteiger partial charge on any atom is -0.453 e. The number of para-hydroxylation sites is 6. The van der Waals surface area contributed by atoms with Crippen molar-refractivity contribution in [3.8, 4) is 34.1 Å². The molecule has 8 nitrogen and oxygen atoms in total. The molecule has 0 aliphatic carbocycles. The lowest BCUT2D eigenvalue weighted by Crippen LogP contribution is -2.31. The first kappa shape index (κ1) is 34.7. The van der Waals surface area contributed by atoms with Crippen molar-refractivity contribution < 1.29 is 19.9 Å². The van der Waals surface area contributed by atoms with Crippen molar-refractivity contribution in [3.63, 3.8) is 0 Å². The number of ether oxygens (including phenoxy) is 2. The zero-order chi connectivity index (χ0) is 39.8. The molecule has 3 aliphatic rings. The van der Waals surface area contributed by atoms with Crippen LogP contribution in [0.15, 0.2) is 182 Å². The van der Waals surface area contributed by atoms with Crippen LogP contribution in [0.3, 0.4) is 0 Å². The van der Waals surface area contributed by atoms with Crippen molar-refractivity contribution in [2.75, 3.05) is 19.9 Å². The van der Waals surface area contributed by atoms with E-state index in [1.807, 2.05) is 97.1 Å². The van der Waals surface area contributed by atoms with E-state index in [0.29, 0.717) is 22.9 Å². The molecule has 0 radical (unpaired) electrons. The van der Waals surface area contributed by atoms with E-state index in [0.717, 1.165) is 79.3 Å². The maximum atomic E-state index is 11.3. The number of rotatable bonds is 5. The first-order chi connectivity index (χ1) is 28.8. The molecule has 8 aromatic rings. The van der Waals surface area contributed by atoms with Crippen molar-refractivity contribution >= 4 is 56.9 Å². The Labute approximate surface area is 342 Å². The highest BCUT2D eigenvalue weighted by Gasteiger charge is 2.37. The third-order valence-electron chi connectivity index (χ3n) is 11.7. The molecule has 0 fully saturated rings. The molecule has 0 saturated heterocycles. The number of hydrogen-bond acceptors (Lipinski definition) is 8. The van der Waals surface area contributed by atoms with Gasteiger partial charge in [-0.05, 0) is 119 Å². The average molecular weight is 771 g/mol. The van der Waals surface area contributed by atoms with E-state index in [2.05, 4.69) is 109 Å². The third-order valence-corrected chi connectivity index (χ3v) is 11.7. The fraction of sp³-hybridized carbons (Fsp3) is 0.0588. The largest absolute Gasteiger partial charge is 0.453 e. The minimum absolute atomic E-state index is 0.335. The molecule has 11 rings (SSSR count). The highest BCUT2D eigenvalue weighted by Crippen LogP contribution is 2.54. The molecule has 0 amide bonds.